The van der Waals surface area contributed by atoms with E-state index in [0.717, 1.165) is 11.1 Å². The molecule has 4 nitrogen and oxygen atoms in total. The number of amides is 1. The molecule has 0 heterocycles. The van der Waals surface area contributed by atoms with Gasteiger partial charge in [0.15, 0.2) is 0 Å². The van der Waals surface area contributed by atoms with Crippen LogP contribution in [0, 0.1) is 0 Å². The van der Waals surface area contributed by atoms with E-state index in [1.807, 2.05) is 42.5 Å². The largest absolute Gasteiger partial charge is 0.508 e. The van der Waals surface area contributed by atoms with Crippen molar-refractivity contribution >= 4 is 23.2 Å². The van der Waals surface area contributed by atoms with Crippen molar-refractivity contribution in [1.29, 1.82) is 0 Å². The Morgan fingerprint density at radius 3 is 2.16 bits per heavy atom. The lowest BCUT2D eigenvalue weighted by Crippen LogP contribution is -2.20. The number of hydrogen-bond donors (Lipinski definition) is 2. The Morgan fingerprint density at radius 1 is 0.840 bits per heavy atom. The van der Waals surface area contributed by atoms with Crippen molar-refractivity contribution in [3.05, 3.63) is 101 Å². The van der Waals surface area contributed by atoms with Crippen molar-refractivity contribution in [1.82, 2.24) is 5.43 Å². The molecule has 124 valence electrons. The van der Waals surface area contributed by atoms with E-state index in [4.69, 9.17) is 11.6 Å². The Kier molecular flexibility index (Phi) is 5.11. The van der Waals surface area contributed by atoms with Crippen LogP contribution < -0.4 is 5.43 Å². The van der Waals surface area contributed by atoms with Crippen LogP contribution in [0.3, 0.4) is 0 Å². The summed E-state index contributed by atoms with van der Waals surface area (Å²) in [4.78, 5) is 12.3. The first-order valence-corrected chi connectivity index (χ1v) is 8.00. The Morgan fingerprint density at radius 2 is 1.48 bits per heavy atom. The highest BCUT2D eigenvalue weighted by molar-refractivity contribution is 6.30. The molecule has 3 aromatic rings. The molecule has 3 rings (SSSR count). The average Bonchev–Trinajstić information content (AvgIpc) is 2.64. The zero-order valence-electron chi connectivity index (χ0n) is 13.2. The number of carbonyl (C=O) groups excluding carboxylic acids is 1. The highest BCUT2D eigenvalue weighted by atomic mass is 35.5. The lowest BCUT2D eigenvalue weighted by atomic mass is 10.0. The minimum Gasteiger partial charge on any atom is -0.508 e. The Hall–Kier alpha value is -3.11. The number of hydrazone groups is 1. The number of halogens is 1. The molecule has 0 aliphatic carbocycles. The van der Waals surface area contributed by atoms with Gasteiger partial charge in [0.2, 0.25) is 0 Å². The van der Waals surface area contributed by atoms with E-state index in [1.165, 1.54) is 12.1 Å². The van der Waals surface area contributed by atoms with Crippen LogP contribution in [0.1, 0.15) is 21.5 Å². The van der Waals surface area contributed by atoms with Crippen LogP contribution in [0.4, 0.5) is 0 Å². The molecular formula is C20H15ClN2O2. The molecule has 0 radical (unpaired) electrons. The Labute approximate surface area is 150 Å². The highest BCUT2D eigenvalue weighted by Crippen LogP contribution is 2.15. The molecule has 0 saturated carbocycles. The molecule has 5 heteroatoms. The number of phenols is 1. The number of benzene rings is 3. The van der Waals surface area contributed by atoms with Crippen LogP contribution in [0.25, 0.3) is 0 Å². The van der Waals surface area contributed by atoms with Crippen molar-refractivity contribution in [3.8, 4) is 5.75 Å². The molecular weight excluding hydrogens is 336 g/mol. The quantitative estimate of drug-likeness (QED) is 0.546. The summed E-state index contributed by atoms with van der Waals surface area (Å²) in [5.74, 6) is -0.379. The van der Waals surface area contributed by atoms with Gasteiger partial charge in [-0.1, -0.05) is 60.1 Å². The standard InChI is InChI=1S/C20H15ClN2O2/c21-17-11-9-15(10-12-17)19(14-5-2-1-3-6-14)22-23-20(25)16-7-4-8-18(24)13-16/h1-13,24H,(H,23,25)/b22-19-. The second-order valence-corrected chi connectivity index (χ2v) is 5.76. The minimum absolute atomic E-state index is 0.0256. The lowest BCUT2D eigenvalue weighted by Gasteiger charge is -2.08. The SMILES string of the molecule is O=C(N/N=C(/c1ccccc1)c1ccc(Cl)cc1)c1cccc(O)c1. The average molecular weight is 351 g/mol. The predicted octanol–water partition coefficient (Wildman–Crippen LogP) is 4.23. The van der Waals surface area contributed by atoms with E-state index < -0.39 is 5.91 Å². The topological polar surface area (TPSA) is 61.7 Å². The van der Waals surface area contributed by atoms with Crippen molar-refractivity contribution in [2.24, 2.45) is 5.10 Å². The molecule has 0 saturated heterocycles. The van der Waals surface area contributed by atoms with Crippen LogP contribution >= 0.6 is 11.6 Å². The zero-order chi connectivity index (χ0) is 17.6. The summed E-state index contributed by atoms with van der Waals surface area (Å²) < 4.78 is 0. The molecule has 25 heavy (non-hydrogen) atoms. The summed E-state index contributed by atoms with van der Waals surface area (Å²) in [5, 5.41) is 14.4. The second-order valence-electron chi connectivity index (χ2n) is 5.32. The smallest absolute Gasteiger partial charge is 0.271 e. The van der Waals surface area contributed by atoms with Gasteiger partial charge in [0.05, 0.1) is 5.71 Å². The minimum atomic E-state index is -0.404. The molecule has 0 unspecified atom stereocenters. The van der Waals surface area contributed by atoms with Gasteiger partial charge in [-0.3, -0.25) is 4.79 Å². The second kappa shape index (κ2) is 7.64. The first kappa shape index (κ1) is 16.7. The number of aromatic hydroxyl groups is 1. The maximum Gasteiger partial charge on any atom is 0.271 e. The van der Waals surface area contributed by atoms with Crippen molar-refractivity contribution in [2.45, 2.75) is 0 Å². The summed E-state index contributed by atoms with van der Waals surface area (Å²) in [7, 11) is 0. The predicted molar refractivity (Wildman–Crippen MR) is 99.1 cm³/mol. The van der Waals surface area contributed by atoms with E-state index in [9.17, 15) is 9.90 Å². The van der Waals surface area contributed by atoms with E-state index >= 15 is 0 Å². The van der Waals surface area contributed by atoms with Gasteiger partial charge in [0.25, 0.3) is 5.91 Å². The van der Waals surface area contributed by atoms with Gasteiger partial charge >= 0.3 is 0 Å². The fourth-order valence-electron chi connectivity index (χ4n) is 2.32. The molecule has 0 bridgehead atoms. The van der Waals surface area contributed by atoms with E-state index in [1.54, 1.807) is 24.3 Å². The van der Waals surface area contributed by atoms with E-state index in [-0.39, 0.29) is 5.75 Å². The van der Waals surface area contributed by atoms with Gasteiger partial charge in [-0.15, -0.1) is 0 Å². The number of hydrogen-bond acceptors (Lipinski definition) is 3. The molecule has 0 spiro atoms. The highest BCUT2D eigenvalue weighted by Gasteiger charge is 2.10. The van der Waals surface area contributed by atoms with Crippen LogP contribution in [-0.4, -0.2) is 16.7 Å². The van der Waals surface area contributed by atoms with Crippen molar-refractivity contribution < 1.29 is 9.90 Å². The maximum atomic E-state index is 12.3. The third-order valence-electron chi connectivity index (χ3n) is 3.54. The van der Waals surface area contributed by atoms with Crippen LogP contribution in [0.15, 0.2) is 84.0 Å². The third kappa shape index (κ3) is 4.25. The lowest BCUT2D eigenvalue weighted by molar-refractivity contribution is 0.0954. The van der Waals surface area contributed by atoms with E-state index in [2.05, 4.69) is 10.5 Å². The van der Waals surface area contributed by atoms with Crippen LogP contribution in [-0.2, 0) is 0 Å². The monoisotopic (exact) mass is 350 g/mol. The summed E-state index contributed by atoms with van der Waals surface area (Å²) in [5.41, 5.74) is 5.17. The summed E-state index contributed by atoms with van der Waals surface area (Å²) >= 11 is 5.95. The summed E-state index contributed by atoms with van der Waals surface area (Å²) in [6, 6.07) is 22.9. The van der Waals surface area contributed by atoms with Crippen LogP contribution in [0.5, 0.6) is 5.75 Å². The van der Waals surface area contributed by atoms with Crippen LogP contribution in [0.2, 0.25) is 5.02 Å². The van der Waals surface area contributed by atoms with Gasteiger partial charge in [-0.2, -0.15) is 5.10 Å². The summed E-state index contributed by atoms with van der Waals surface area (Å²) in [6.07, 6.45) is 0. The first-order valence-electron chi connectivity index (χ1n) is 7.62. The van der Waals surface area contributed by atoms with Gasteiger partial charge in [-0.25, -0.2) is 5.43 Å². The number of rotatable bonds is 4. The van der Waals surface area contributed by atoms with Gasteiger partial charge in [0.1, 0.15) is 5.75 Å². The zero-order valence-corrected chi connectivity index (χ0v) is 13.9. The van der Waals surface area contributed by atoms with Gasteiger partial charge in [0, 0.05) is 21.7 Å². The normalized spacial score (nSPS) is 11.2. The molecule has 0 aliphatic rings. The first-order chi connectivity index (χ1) is 12.1. The third-order valence-corrected chi connectivity index (χ3v) is 3.79. The van der Waals surface area contributed by atoms with Crippen molar-refractivity contribution in [3.63, 3.8) is 0 Å². The molecule has 3 aromatic carbocycles. The van der Waals surface area contributed by atoms with Crippen molar-refractivity contribution in [2.75, 3.05) is 0 Å². The van der Waals surface area contributed by atoms with Gasteiger partial charge < -0.3 is 5.11 Å². The molecule has 0 atom stereocenters. The number of nitrogens with one attached hydrogen (secondary N) is 1. The Bertz CT molecular complexity index is 906. The molecule has 0 aliphatic heterocycles. The molecule has 0 aromatic heterocycles. The Balaban J connectivity index is 1.93. The fourth-order valence-corrected chi connectivity index (χ4v) is 2.44. The van der Waals surface area contributed by atoms with Gasteiger partial charge in [-0.05, 0) is 30.3 Å². The maximum absolute atomic E-state index is 12.3. The number of nitrogens with zero attached hydrogens (tertiary/aromatic N) is 1. The molecule has 0 fully saturated rings. The molecule has 2 N–H and O–H groups in total. The number of carbonyl (C=O) groups is 1. The number of phenolic OH excluding ortho intramolecular Hbond substituents is 1. The fraction of sp³-hybridized carbons (Fsp3) is 0. The summed E-state index contributed by atoms with van der Waals surface area (Å²) in [6.45, 7) is 0. The van der Waals surface area contributed by atoms with E-state index in [0.29, 0.717) is 16.3 Å². The molecule has 1 amide bonds.